The van der Waals surface area contributed by atoms with E-state index in [-0.39, 0.29) is 12.8 Å². The Bertz CT molecular complexity index is 648. The molecule has 0 bridgehead atoms. The van der Waals surface area contributed by atoms with Crippen molar-refractivity contribution < 1.29 is 13.2 Å². The molecule has 0 N–H and O–H groups in total. The molecule has 0 amide bonds. The summed E-state index contributed by atoms with van der Waals surface area (Å²) in [4.78, 5) is 14.7. The molecule has 1 fully saturated rings. The van der Waals surface area contributed by atoms with Crippen molar-refractivity contribution in [1.82, 2.24) is 15.0 Å². The first-order valence-corrected chi connectivity index (χ1v) is 6.85. The molecule has 7 heteroatoms. The minimum absolute atomic E-state index is 0.0980. The number of aromatic nitrogens is 3. The molecule has 0 saturated carbocycles. The molecular weight excluding hydrogens is 281 g/mol. The zero-order chi connectivity index (χ0) is 15.0. The molecule has 2 aromatic heterocycles. The van der Waals surface area contributed by atoms with Crippen molar-refractivity contribution >= 4 is 16.9 Å². The molecular formula is C14H15F3N4. The van der Waals surface area contributed by atoms with Gasteiger partial charge in [-0.2, -0.15) is 13.2 Å². The zero-order valence-electron chi connectivity index (χ0n) is 11.6. The second-order valence-corrected chi connectivity index (χ2v) is 5.32. The standard InChI is InChI=1S/C14H15F3N4/c1-9-2-3-11-12(20-9)13(19-8-18-11)21-6-4-10(5-7-21)14(15,16)17/h2-3,8,10H,4-7H2,1H3. The number of hydrogen-bond donors (Lipinski definition) is 0. The average Bonchev–Trinajstić information content (AvgIpc) is 2.46. The molecule has 4 nitrogen and oxygen atoms in total. The molecule has 112 valence electrons. The van der Waals surface area contributed by atoms with E-state index >= 15 is 0 Å². The normalized spacial score (nSPS) is 17.4. The highest BCUT2D eigenvalue weighted by atomic mass is 19.4. The van der Waals surface area contributed by atoms with E-state index in [2.05, 4.69) is 15.0 Å². The van der Waals surface area contributed by atoms with Gasteiger partial charge in [0.05, 0.1) is 11.4 Å². The van der Waals surface area contributed by atoms with Gasteiger partial charge in [-0.1, -0.05) is 0 Å². The molecule has 0 aromatic carbocycles. The Hall–Kier alpha value is -1.92. The van der Waals surface area contributed by atoms with E-state index in [1.54, 1.807) is 0 Å². The highest BCUT2D eigenvalue weighted by molar-refractivity contribution is 5.85. The Morgan fingerprint density at radius 2 is 1.86 bits per heavy atom. The molecule has 1 saturated heterocycles. The van der Waals surface area contributed by atoms with Gasteiger partial charge in [-0.05, 0) is 31.9 Å². The van der Waals surface area contributed by atoms with Crippen molar-refractivity contribution in [2.24, 2.45) is 5.92 Å². The van der Waals surface area contributed by atoms with Crippen molar-refractivity contribution in [1.29, 1.82) is 0 Å². The summed E-state index contributed by atoms with van der Waals surface area (Å²) >= 11 is 0. The molecule has 0 spiro atoms. The van der Waals surface area contributed by atoms with Gasteiger partial charge in [-0.25, -0.2) is 15.0 Å². The van der Waals surface area contributed by atoms with Gasteiger partial charge in [0.15, 0.2) is 5.82 Å². The molecule has 1 aliphatic heterocycles. The molecule has 0 unspecified atom stereocenters. The Morgan fingerprint density at radius 3 is 2.52 bits per heavy atom. The number of alkyl halides is 3. The molecule has 2 aromatic rings. The summed E-state index contributed by atoms with van der Waals surface area (Å²) in [7, 11) is 0. The van der Waals surface area contributed by atoms with Crippen LogP contribution in [0.15, 0.2) is 18.5 Å². The van der Waals surface area contributed by atoms with Crippen LogP contribution in [0, 0.1) is 12.8 Å². The number of fused-ring (bicyclic) bond motifs is 1. The van der Waals surface area contributed by atoms with Gasteiger partial charge in [-0.15, -0.1) is 0 Å². The highest BCUT2D eigenvalue weighted by Crippen LogP contribution is 2.35. The summed E-state index contributed by atoms with van der Waals surface area (Å²) in [5, 5.41) is 0. The van der Waals surface area contributed by atoms with Gasteiger partial charge < -0.3 is 4.90 Å². The van der Waals surface area contributed by atoms with Crippen LogP contribution in [0.4, 0.5) is 19.0 Å². The van der Waals surface area contributed by atoms with Crippen LogP contribution in [-0.2, 0) is 0 Å². The van der Waals surface area contributed by atoms with Gasteiger partial charge in [0.2, 0.25) is 0 Å². The lowest BCUT2D eigenvalue weighted by Crippen LogP contribution is -2.39. The smallest absolute Gasteiger partial charge is 0.355 e. The summed E-state index contributed by atoms with van der Waals surface area (Å²) in [5.74, 6) is -0.583. The van der Waals surface area contributed by atoms with Crippen LogP contribution in [-0.4, -0.2) is 34.2 Å². The fourth-order valence-corrected chi connectivity index (χ4v) is 2.68. The van der Waals surface area contributed by atoms with Crippen molar-refractivity contribution in [3.8, 4) is 0 Å². The Balaban J connectivity index is 1.87. The predicted octanol–water partition coefficient (Wildman–Crippen LogP) is 3.11. The number of nitrogens with zero attached hydrogens (tertiary/aromatic N) is 4. The molecule has 3 rings (SSSR count). The monoisotopic (exact) mass is 296 g/mol. The third kappa shape index (κ3) is 2.77. The second kappa shape index (κ2) is 5.13. The summed E-state index contributed by atoms with van der Waals surface area (Å²) in [6, 6.07) is 3.71. The summed E-state index contributed by atoms with van der Waals surface area (Å²) in [5.41, 5.74) is 2.20. The summed E-state index contributed by atoms with van der Waals surface area (Å²) < 4.78 is 38.2. The van der Waals surface area contributed by atoms with Gasteiger partial charge in [-0.3, -0.25) is 0 Å². The number of halogens is 3. The van der Waals surface area contributed by atoms with Gasteiger partial charge >= 0.3 is 6.18 Å². The van der Waals surface area contributed by atoms with E-state index in [9.17, 15) is 13.2 Å². The lowest BCUT2D eigenvalue weighted by Gasteiger charge is -2.33. The van der Waals surface area contributed by atoms with E-state index in [1.807, 2.05) is 24.0 Å². The maximum absolute atomic E-state index is 12.7. The molecule has 0 radical (unpaired) electrons. The van der Waals surface area contributed by atoms with E-state index in [4.69, 9.17) is 0 Å². The Kier molecular flexibility index (Phi) is 3.43. The maximum atomic E-state index is 12.7. The molecule has 1 aliphatic rings. The number of pyridine rings is 1. The number of anilines is 1. The van der Waals surface area contributed by atoms with Crippen LogP contribution in [0.1, 0.15) is 18.5 Å². The van der Waals surface area contributed by atoms with Crippen molar-refractivity contribution in [2.75, 3.05) is 18.0 Å². The quantitative estimate of drug-likeness (QED) is 0.811. The number of hydrogen-bond acceptors (Lipinski definition) is 4. The summed E-state index contributed by atoms with van der Waals surface area (Å²) in [6.45, 7) is 2.55. The maximum Gasteiger partial charge on any atom is 0.391 e. The van der Waals surface area contributed by atoms with E-state index in [1.165, 1.54) is 6.33 Å². The molecule has 21 heavy (non-hydrogen) atoms. The Morgan fingerprint density at radius 1 is 1.14 bits per heavy atom. The van der Waals surface area contributed by atoms with E-state index < -0.39 is 12.1 Å². The van der Waals surface area contributed by atoms with Gasteiger partial charge in [0, 0.05) is 18.8 Å². The number of piperidine rings is 1. The van der Waals surface area contributed by atoms with Crippen LogP contribution < -0.4 is 4.90 Å². The third-order valence-corrected chi connectivity index (χ3v) is 3.86. The SMILES string of the molecule is Cc1ccc2ncnc(N3CCC(C(F)(F)F)CC3)c2n1. The number of aryl methyl sites for hydroxylation is 1. The van der Waals surface area contributed by atoms with Crippen molar-refractivity contribution in [2.45, 2.75) is 25.9 Å². The zero-order valence-corrected chi connectivity index (χ0v) is 11.6. The summed E-state index contributed by atoms with van der Waals surface area (Å²) in [6.07, 6.45) is -2.47. The van der Waals surface area contributed by atoms with Crippen LogP contribution in [0.2, 0.25) is 0 Å². The average molecular weight is 296 g/mol. The first kappa shape index (κ1) is 14.0. The fourth-order valence-electron chi connectivity index (χ4n) is 2.68. The Labute approximate surface area is 120 Å². The first-order chi connectivity index (χ1) is 9.95. The van der Waals surface area contributed by atoms with Gasteiger partial charge in [0.1, 0.15) is 11.8 Å². The third-order valence-electron chi connectivity index (χ3n) is 3.86. The predicted molar refractivity (Wildman–Crippen MR) is 73.1 cm³/mol. The minimum Gasteiger partial charge on any atom is -0.355 e. The molecule has 0 aliphatic carbocycles. The van der Waals surface area contributed by atoms with Crippen LogP contribution in [0.5, 0.6) is 0 Å². The molecule has 0 atom stereocenters. The lowest BCUT2D eigenvalue weighted by atomic mass is 9.96. The van der Waals surface area contributed by atoms with Crippen molar-refractivity contribution in [3.63, 3.8) is 0 Å². The van der Waals surface area contributed by atoms with Crippen LogP contribution in [0.25, 0.3) is 11.0 Å². The van der Waals surface area contributed by atoms with Crippen LogP contribution in [0.3, 0.4) is 0 Å². The van der Waals surface area contributed by atoms with Crippen molar-refractivity contribution in [3.05, 3.63) is 24.2 Å². The minimum atomic E-state index is -4.10. The fraction of sp³-hybridized carbons (Fsp3) is 0.500. The second-order valence-electron chi connectivity index (χ2n) is 5.32. The van der Waals surface area contributed by atoms with E-state index in [0.717, 1.165) is 5.69 Å². The topological polar surface area (TPSA) is 41.9 Å². The lowest BCUT2D eigenvalue weighted by molar-refractivity contribution is -0.179. The highest BCUT2D eigenvalue weighted by Gasteiger charge is 2.41. The van der Waals surface area contributed by atoms with Gasteiger partial charge in [0.25, 0.3) is 0 Å². The largest absolute Gasteiger partial charge is 0.391 e. The van der Waals surface area contributed by atoms with Crippen LogP contribution >= 0.6 is 0 Å². The number of rotatable bonds is 1. The first-order valence-electron chi connectivity index (χ1n) is 6.85. The van der Waals surface area contributed by atoms with E-state index in [0.29, 0.717) is 29.9 Å². The molecule has 3 heterocycles.